The molecule has 0 aromatic rings. The molecule has 2 nitrogen and oxygen atoms in total. The maximum atomic E-state index is 5.73. The molecule has 0 aromatic heterocycles. The fourth-order valence-electron chi connectivity index (χ4n) is 2.06. The zero-order valence-corrected chi connectivity index (χ0v) is 8.18. The SMILES string of the molecule is CCCCC1NCCCC1CN. The van der Waals surface area contributed by atoms with Crippen LogP contribution >= 0.6 is 0 Å². The van der Waals surface area contributed by atoms with Gasteiger partial charge in [0, 0.05) is 6.04 Å². The van der Waals surface area contributed by atoms with Crippen molar-refractivity contribution in [2.24, 2.45) is 11.7 Å². The predicted molar refractivity (Wildman–Crippen MR) is 53.1 cm³/mol. The molecule has 1 saturated heterocycles. The molecule has 2 atom stereocenters. The minimum Gasteiger partial charge on any atom is -0.330 e. The fourth-order valence-corrected chi connectivity index (χ4v) is 2.06. The number of piperidine rings is 1. The smallest absolute Gasteiger partial charge is 0.0107 e. The molecule has 0 saturated carbocycles. The van der Waals surface area contributed by atoms with Gasteiger partial charge in [-0.1, -0.05) is 19.8 Å². The molecule has 0 spiro atoms. The monoisotopic (exact) mass is 170 g/mol. The normalized spacial score (nSPS) is 30.5. The largest absolute Gasteiger partial charge is 0.330 e. The Balaban J connectivity index is 2.26. The van der Waals surface area contributed by atoms with Crippen molar-refractivity contribution < 1.29 is 0 Å². The molecule has 0 amide bonds. The van der Waals surface area contributed by atoms with Crippen LogP contribution < -0.4 is 11.1 Å². The van der Waals surface area contributed by atoms with Crippen molar-refractivity contribution in [1.29, 1.82) is 0 Å². The molecule has 1 aliphatic heterocycles. The van der Waals surface area contributed by atoms with Gasteiger partial charge in [0.2, 0.25) is 0 Å². The number of unbranched alkanes of at least 4 members (excludes halogenated alkanes) is 1. The van der Waals surface area contributed by atoms with Gasteiger partial charge in [-0.2, -0.15) is 0 Å². The molecule has 2 unspecified atom stereocenters. The van der Waals surface area contributed by atoms with Gasteiger partial charge in [0.15, 0.2) is 0 Å². The van der Waals surface area contributed by atoms with Crippen molar-refractivity contribution in [2.75, 3.05) is 13.1 Å². The summed E-state index contributed by atoms with van der Waals surface area (Å²) in [5.41, 5.74) is 5.73. The Kier molecular flexibility index (Phi) is 4.62. The van der Waals surface area contributed by atoms with Gasteiger partial charge in [-0.25, -0.2) is 0 Å². The molecule has 12 heavy (non-hydrogen) atoms. The van der Waals surface area contributed by atoms with Crippen LogP contribution in [0.15, 0.2) is 0 Å². The molecule has 0 bridgehead atoms. The van der Waals surface area contributed by atoms with Crippen LogP contribution in [0, 0.1) is 5.92 Å². The Bertz CT molecular complexity index is 114. The maximum absolute atomic E-state index is 5.73. The highest BCUT2D eigenvalue weighted by molar-refractivity contribution is 4.81. The van der Waals surface area contributed by atoms with E-state index in [0.29, 0.717) is 6.04 Å². The van der Waals surface area contributed by atoms with Gasteiger partial charge in [-0.15, -0.1) is 0 Å². The van der Waals surface area contributed by atoms with Gasteiger partial charge in [0.25, 0.3) is 0 Å². The van der Waals surface area contributed by atoms with Gasteiger partial charge < -0.3 is 11.1 Å². The van der Waals surface area contributed by atoms with E-state index in [2.05, 4.69) is 12.2 Å². The third-order valence-electron chi connectivity index (χ3n) is 2.90. The van der Waals surface area contributed by atoms with Gasteiger partial charge >= 0.3 is 0 Å². The van der Waals surface area contributed by atoms with Crippen LogP contribution in [0.3, 0.4) is 0 Å². The van der Waals surface area contributed by atoms with E-state index in [1.807, 2.05) is 0 Å². The first-order valence-corrected chi connectivity index (χ1v) is 5.32. The lowest BCUT2D eigenvalue weighted by molar-refractivity contribution is 0.269. The summed E-state index contributed by atoms with van der Waals surface area (Å²) in [6, 6.07) is 0.712. The summed E-state index contributed by atoms with van der Waals surface area (Å²) in [4.78, 5) is 0. The number of rotatable bonds is 4. The Morgan fingerprint density at radius 3 is 3.00 bits per heavy atom. The second kappa shape index (κ2) is 5.55. The molecular weight excluding hydrogens is 148 g/mol. The van der Waals surface area contributed by atoms with Crippen molar-refractivity contribution >= 4 is 0 Å². The van der Waals surface area contributed by atoms with Gasteiger partial charge in [0.1, 0.15) is 0 Å². The average Bonchev–Trinajstić information content (AvgIpc) is 2.15. The van der Waals surface area contributed by atoms with E-state index in [0.717, 1.165) is 12.5 Å². The maximum Gasteiger partial charge on any atom is 0.0107 e. The fraction of sp³-hybridized carbons (Fsp3) is 1.00. The standard InChI is InChI=1S/C10H22N2/c1-2-3-6-10-9(8-11)5-4-7-12-10/h9-10,12H,2-8,11H2,1H3. The first-order valence-electron chi connectivity index (χ1n) is 5.32. The third-order valence-corrected chi connectivity index (χ3v) is 2.90. The van der Waals surface area contributed by atoms with E-state index in [9.17, 15) is 0 Å². The summed E-state index contributed by atoms with van der Waals surface area (Å²) in [6.45, 7) is 4.31. The average molecular weight is 170 g/mol. The summed E-state index contributed by atoms with van der Waals surface area (Å²) >= 11 is 0. The van der Waals surface area contributed by atoms with E-state index in [4.69, 9.17) is 5.73 Å². The van der Waals surface area contributed by atoms with Crippen LogP contribution in [0.5, 0.6) is 0 Å². The van der Waals surface area contributed by atoms with Crippen LogP contribution in [0.1, 0.15) is 39.0 Å². The Hall–Kier alpha value is -0.0800. The number of hydrogen-bond donors (Lipinski definition) is 2. The summed E-state index contributed by atoms with van der Waals surface area (Å²) in [5.74, 6) is 0.741. The second-order valence-electron chi connectivity index (χ2n) is 3.84. The van der Waals surface area contributed by atoms with E-state index in [-0.39, 0.29) is 0 Å². The zero-order chi connectivity index (χ0) is 8.81. The van der Waals surface area contributed by atoms with Crippen LogP contribution in [0.2, 0.25) is 0 Å². The Morgan fingerprint density at radius 1 is 1.50 bits per heavy atom. The molecule has 2 heteroatoms. The van der Waals surface area contributed by atoms with Gasteiger partial charge in [-0.3, -0.25) is 0 Å². The summed E-state index contributed by atoms with van der Waals surface area (Å²) in [6.07, 6.45) is 6.60. The van der Waals surface area contributed by atoms with E-state index in [1.165, 1.54) is 38.6 Å². The van der Waals surface area contributed by atoms with Crippen LogP contribution in [0.4, 0.5) is 0 Å². The molecule has 1 heterocycles. The predicted octanol–water partition coefficient (Wildman–Crippen LogP) is 1.50. The van der Waals surface area contributed by atoms with Crippen LogP contribution in [-0.2, 0) is 0 Å². The zero-order valence-electron chi connectivity index (χ0n) is 8.18. The molecule has 0 aromatic carbocycles. The molecule has 72 valence electrons. The van der Waals surface area contributed by atoms with Gasteiger partial charge in [-0.05, 0) is 38.3 Å². The highest BCUT2D eigenvalue weighted by Gasteiger charge is 2.22. The van der Waals surface area contributed by atoms with Crippen molar-refractivity contribution in [2.45, 2.75) is 45.1 Å². The highest BCUT2D eigenvalue weighted by atomic mass is 14.9. The highest BCUT2D eigenvalue weighted by Crippen LogP contribution is 2.19. The molecule has 1 rings (SSSR count). The molecule has 1 fully saturated rings. The second-order valence-corrected chi connectivity index (χ2v) is 3.84. The Labute approximate surface area is 75.9 Å². The summed E-state index contributed by atoms with van der Waals surface area (Å²) in [5, 5.41) is 3.57. The molecule has 1 aliphatic rings. The lowest BCUT2D eigenvalue weighted by Gasteiger charge is -2.31. The number of nitrogens with two attached hydrogens (primary N) is 1. The molecule has 0 radical (unpaired) electrons. The van der Waals surface area contributed by atoms with Crippen molar-refractivity contribution in [1.82, 2.24) is 5.32 Å². The van der Waals surface area contributed by atoms with E-state index < -0.39 is 0 Å². The first-order chi connectivity index (χ1) is 5.88. The number of nitrogens with one attached hydrogen (secondary N) is 1. The Morgan fingerprint density at radius 2 is 2.33 bits per heavy atom. The van der Waals surface area contributed by atoms with E-state index >= 15 is 0 Å². The molecule has 3 N–H and O–H groups in total. The number of hydrogen-bond acceptors (Lipinski definition) is 2. The third kappa shape index (κ3) is 2.76. The van der Waals surface area contributed by atoms with Crippen LogP contribution in [0.25, 0.3) is 0 Å². The van der Waals surface area contributed by atoms with Crippen molar-refractivity contribution in [3.8, 4) is 0 Å². The minimum absolute atomic E-state index is 0.712. The van der Waals surface area contributed by atoms with Gasteiger partial charge in [0.05, 0.1) is 0 Å². The summed E-state index contributed by atoms with van der Waals surface area (Å²) in [7, 11) is 0. The van der Waals surface area contributed by atoms with Crippen LogP contribution in [-0.4, -0.2) is 19.1 Å². The topological polar surface area (TPSA) is 38.0 Å². The quantitative estimate of drug-likeness (QED) is 0.671. The van der Waals surface area contributed by atoms with Crippen molar-refractivity contribution in [3.05, 3.63) is 0 Å². The van der Waals surface area contributed by atoms with Crippen molar-refractivity contribution in [3.63, 3.8) is 0 Å². The molecule has 0 aliphatic carbocycles. The molecular formula is C10H22N2. The summed E-state index contributed by atoms with van der Waals surface area (Å²) < 4.78 is 0. The lowest BCUT2D eigenvalue weighted by atomic mass is 9.88. The lowest BCUT2D eigenvalue weighted by Crippen LogP contribution is -2.44. The first kappa shape index (κ1) is 10.0. The van der Waals surface area contributed by atoms with E-state index in [1.54, 1.807) is 0 Å². The minimum atomic E-state index is 0.712.